The molecular formula is C13H17F2NO2. The summed E-state index contributed by atoms with van der Waals surface area (Å²) in [6.07, 6.45) is -2.07. The molecule has 0 spiro atoms. The Morgan fingerprint density at radius 1 is 1.28 bits per heavy atom. The van der Waals surface area contributed by atoms with E-state index in [2.05, 4.69) is 0 Å². The lowest BCUT2D eigenvalue weighted by Gasteiger charge is -2.25. The Hall–Kier alpha value is -1.36. The van der Waals surface area contributed by atoms with Gasteiger partial charge in [-0.25, -0.2) is 8.78 Å². The van der Waals surface area contributed by atoms with Crippen molar-refractivity contribution in [2.24, 2.45) is 5.73 Å². The second-order valence-electron chi connectivity index (χ2n) is 5.17. The van der Waals surface area contributed by atoms with Crippen LogP contribution in [-0.2, 0) is 6.42 Å². The van der Waals surface area contributed by atoms with Gasteiger partial charge >= 0.3 is 0 Å². The fourth-order valence-corrected chi connectivity index (χ4v) is 2.00. The molecule has 3 nitrogen and oxygen atoms in total. The molecule has 0 bridgehead atoms. The predicted molar refractivity (Wildman–Crippen MR) is 64.4 cm³/mol. The highest BCUT2D eigenvalue weighted by atomic mass is 19.3. The Balaban J connectivity index is 2.44. The highest BCUT2D eigenvalue weighted by Crippen LogP contribution is 2.39. The van der Waals surface area contributed by atoms with Gasteiger partial charge < -0.3 is 15.2 Å². The minimum Gasteiger partial charge on any atom is -0.486 e. The standard InChI is InChI=1S/C13H17F2NO2/c1-13(2,16)7-9-5-8(12(14)15)6-10-11(9)18-4-3-17-10/h5-6,12H,3-4,7,16H2,1-2H3. The van der Waals surface area contributed by atoms with Crippen molar-refractivity contribution in [2.75, 3.05) is 13.2 Å². The zero-order valence-corrected chi connectivity index (χ0v) is 10.5. The van der Waals surface area contributed by atoms with Gasteiger partial charge in [0.2, 0.25) is 0 Å². The summed E-state index contributed by atoms with van der Waals surface area (Å²) in [5, 5.41) is 0. The maximum atomic E-state index is 12.8. The number of fused-ring (bicyclic) bond motifs is 1. The number of ether oxygens (including phenoxy) is 2. The Morgan fingerprint density at radius 3 is 2.56 bits per heavy atom. The van der Waals surface area contributed by atoms with Crippen molar-refractivity contribution in [3.05, 3.63) is 23.3 Å². The summed E-state index contributed by atoms with van der Waals surface area (Å²) in [4.78, 5) is 0. The van der Waals surface area contributed by atoms with Crippen LogP contribution in [0.25, 0.3) is 0 Å². The molecule has 1 aliphatic rings. The fourth-order valence-electron chi connectivity index (χ4n) is 2.00. The summed E-state index contributed by atoms with van der Waals surface area (Å²) >= 11 is 0. The van der Waals surface area contributed by atoms with E-state index in [1.165, 1.54) is 12.1 Å². The van der Waals surface area contributed by atoms with Gasteiger partial charge in [0, 0.05) is 16.7 Å². The molecular weight excluding hydrogens is 240 g/mol. The smallest absolute Gasteiger partial charge is 0.263 e. The molecule has 0 atom stereocenters. The average Bonchev–Trinajstić information content (AvgIpc) is 2.26. The second-order valence-corrected chi connectivity index (χ2v) is 5.17. The van der Waals surface area contributed by atoms with Crippen LogP contribution in [0.4, 0.5) is 8.78 Å². The zero-order chi connectivity index (χ0) is 13.3. The van der Waals surface area contributed by atoms with Crippen LogP contribution in [0.5, 0.6) is 11.5 Å². The molecule has 1 aliphatic heterocycles. The van der Waals surface area contributed by atoms with Crippen molar-refractivity contribution in [1.29, 1.82) is 0 Å². The molecule has 0 saturated carbocycles. The molecule has 0 aromatic heterocycles. The lowest BCUT2D eigenvalue weighted by Crippen LogP contribution is -2.35. The molecule has 5 heteroatoms. The molecule has 1 aromatic carbocycles. The first-order valence-corrected chi connectivity index (χ1v) is 5.86. The van der Waals surface area contributed by atoms with E-state index in [9.17, 15) is 8.78 Å². The second kappa shape index (κ2) is 4.72. The minimum absolute atomic E-state index is 0.0569. The van der Waals surface area contributed by atoms with Gasteiger partial charge in [-0.05, 0) is 32.4 Å². The first kappa shape index (κ1) is 13.1. The normalized spacial score (nSPS) is 15.0. The number of benzene rings is 1. The van der Waals surface area contributed by atoms with Gasteiger partial charge in [-0.1, -0.05) is 0 Å². The summed E-state index contributed by atoms with van der Waals surface area (Å²) in [5.41, 5.74) is 6.07. The van der Waals surface area contributed by atoms with Crippen molar-refractivity contribution >= 4 is 0 Å². The van der Waals surface area contributed by atoms with E-state index in [0.29, 0.717) is 36.7 Å². The van der Waals surface area contributed by atoms with Crippen LogP contribution in [0.1, 0.15) is 31.4 Å². The first-order chi connectivity index (χ1) is 8.37. The molecule has 0 amide bonds. The SMILES string of the molecule is CC(C)(N)Cc1cc(C(F)F)cc2c1OCCO2. The molecule has 2 rings (SSSR count). The van der Waals surface area contributed by atoms with Crippen LogP contribution < -0.4 is 15.2 Å². The van der Waals surface area contributed by atoms with Crippen LogP contribution in [0.3, 0.4) is 0 Å². The van der Waals surface area contributed by atoms with Gasteiger partial charge in [0.1, 0.15) is 13.2 Å². The molecule has 0 fully saturated rings. The van der Waals surface area contributed by atoms with Crippen LogP contribution in [0.15, 0.2) is 12.1 Å². The van der Waals surface area contributed by atoms with Gasteiger partial charge in [-0.3, -0.25) is 0 Å². The summed E-state index contributed by atoms with van der Waals surface area (Å²) in [6, 6.07) is 2.79. The Morgan fingerprint density at radius 2 is 1.94 bits per heavy atom. The van der Waals surface area contributed by atoms with Gasteiger partial charge in [0.15, 0.2) is 11.5 Å². The highest BCUT2D eigenvalue weighted by Gasteiger charge is 2.23. The number of rotatable bonds is 3. The van der Waals surface area contributed by atoms with Gasteiger partial charge in [0.05, 0.1) is 0 Å². The van der Waals surface area contributed by atoms with Crippen molar-refractivity contribution in [2.45, 2.75) is 32.2 Å². The molecule has 0 aliphatic carbocycles. The van der Waals surface area contributed by atoms with Crippen LogP contribution >= 0.6 is 0 Å². The van der Waals surface area contributed by atoms with Gasteiger partial charge in [-0.2, -0.15) is 0 Å². The molecule has 0 unspecified atom stereocenters. The van der Waals surface area contributed by atoms with E-state index in [-0.39, 0.29) is 5.56 Å². The van der Waals surface area contributed by atoms with E-state index in [1.807, 2.05) is 13.8 Å². The molecule has 18 heavy (non-hydrogen) atoms. The average molecular weight is 257 g/mol. The Labute approximate surface area is 105 Å². The zero-order valence-electron chi connectivity index (χ0n) is 10.5. The maximum Gasteiger partial charge on any atom is 0.263 e. The summed E-state index contributed by atoms with van der Waals surface area (Å²) < 4.78 is 36.5. The van der Waals surface area contributed by atoms with Crippen LogP contribution in [0.2, 0.25) is 0 Å². The quantitative estimate of drug-likeness (QED) is 0.905. The maximum absolute atomic E-state index is 12.8. The van der Waals surface area contributed by atoms with Crippen molar-refractivity contribution in [1.82, 2.24) is 0 Å². The number of halogens is 2. The van der Waals surface area contributed by atoms with Crippen LogP contribution in [0, 0.1) is 0 Å². The number of hydrogen-bond donors (Lipinski definition) is 1. The van der Waals surface area contributed by atoms with Crippen molar-refractivity contribution in [3.63, 3.8) is 0 Å². The summed E-state index contributed by atoms with van der Waals surface area (Å²) in [6.45, 7) is 4.50. The lowest BCUT2D eigenvalue weighted by molar-refractivity contribution is 0.146. The van der Waals surface area contributed by atoms with E-state index >= 15 is 0 Å². The highest BCUT2D eigenvalue weighted by molar-refractivity contribution is 5.51. The third kappa shape index (κ3) is 2.90. The minimum atomic E-state index is -2.53. The molecule has 2 N–H and O–H groups in total. The van der Waals surface area contributed by atoms with E-state index < -0.39 is 12.0 Å². The largest absolute Gasteiger partial charge is 0.486 e. The lowest BCUT2D eigenvalue weighted by atomic mass is 9.94. The monoisotopic (exact) mass is 257 g/mol. The summed E-state index contributed by atoms with van der Waals surface area (Å²) in [7, 11) is 0. The number of hydrogen-bond acceptors (Lipinski definition) is 3. The van der Waals surface area contributed by atoms with Gasteiger partial charge in [-0.15, -0.1) is 0 Å². The Kier molecular flexibility index (Phi) is 3.43. The van der Waals surface area contributed by atoms with Crippen molar-refractivity contribution < 1.29 is 18.3 Å². The van der Waals surface area contributed by atoms with E-state index in [0.717, 1.165) is 0 Å². The predicted octanol–water partition coefficient (Wildman–Crippen LogP) is 2.68. The van der Waals surface area contributed by atoms with Gasteiger partial charge in [0.25, 0.3) is 6.43 Å². The topological polar surface area (TPSA) is 44.5 Å². The fraction of sp³-hybridized carbons (Fsp3) is 0.538. The third-order valence-electron chi connectivity index (χ3n) is 2.64. The summed E-state index contributed by atoms with van der Waals surface area (Å²) in [5.74, 6) is 0.933. The van der Waals surface area contributed by atoms with Crippen molar-refractivity contribution in [3.8, 4) is 11.5 Å². The molecule has 0 radical (unpaired) electrons. The third-order valence-corrected chi connectivity index (χ3v) is 2.64. The number of alkyl halides is 2. The Bertz CT molecular complexity index is 441. The molecule has 1 aromatic rings. The van der Waals surface area contributed by atoms with E-state index in [1.54, 1.807) is 0 Å². The molecule has 1 heterocycles. The van der Waals surface area contributed by atoms with E-state index in [4.69, 9.17) is 15.2 Å². The molecule has 0 saturated heterocycles. The first-order valence-electron chi connectivity index (χ1n) is 5.86. The van der Waals surface area contributed by atoms with Crippen LogP contribution in [-0.4, -0.2) is 18.8 Å². The number of nitrogens with two attached hydrogens (primary N) is 1. The molecule has 100 valence electrons.